The van der Waals surface area contributed by atoms with Crippen molar-refractivity contribution in [3.05, 3.63) is 97.3 Å². The van der Waals surface area contributed by atoms with Crippen molar-refractivity contribution < 1.29 is 19.1 Å². The highest BCUT2D eigenvalue weighted by molar-refractivity contribution is 9.10. The van der Waals surface area contributed by atoms with Gasteiger partial charge in [-0.2, -0.15) is 0 Å². The van der Waals surface area contributed by atoms with Crippen molar-refractivity contribution >= 4 is 60.8 Å². The minimum absolute atomic E-state index is 0.249. The van der Waals surface area contributed by atoms with Crippen LogP contribution < -0.4 is 9.47 Å². The summed E-state index contributed by atoms with van der Waals surface area (Å²) in [5, 5.41) is -0.282. The van der Waals surface area contributed by atoms with Crippen LogP contribution in [0.5, 0.6) is 11.5 Å². The molecule has 33 heavy (non-hydrogen) atoms. The Kier molecular flexibility index (Phi) is 7.57. The summed E-state index contributed by atoms with van der Waals surface area (Å²) >= 11 is 7.91. The predicted molar refractivity (Wildman–Crippen MR) is 137 cm³/mol. The van der Waals surface area contributed by atoms with Crippen molar-refractivity contribution in [2.24, 2.45) is 0 Å². The highest BCUT2D eigenvalue weighted by Crippen LogP contribution is 2.39. The van der Waals surface area contributed by atoms with Crippen LogP contribution in [0.15, 0.2) is 80.6 Å². The Morgan fingerprint density at radius 1 is 0.970 bits per heavy atom. The van der Waals surface area contributed by atoms with Crippen LogP contribution in [-0.4, -0.2) is 23.2 Å². The summed E-state index contributed by atoms with van der Waals surface area (Å²) in [7, 11) is 1.56. The van der Waals surface area contributed by atoms with E-state index in [0.29, 0.717) is 27.5 Å². The molecule has 3 aromatic carbocycles. The van der Waals surface area contributed by atoms with Gasteiger partial charge in [0.15, 0.2) is 11.5 Å². The van der Waals surface area contributed by atoms with Crippen molar-refractivity contribution in [3.8, 4) is 11.5 Å². The molecule has 0 N–H and O–H groups in total. The quantitative estimate of drug-likeness (QED) is 0.277. The summed E-state index contributed by atoms with van der Waals surface area (Å²) in [6, 6.07) is 20.9. The van der Waals surface area contributed by atoms with Gasteiger partial charge >= 0.3 is 0 Å². The van der Waals surface area contributed by atoms with Crippen molar-refractivity contribution in [1.82, 2.24) is 4.90 Å². The highest BCUT2D eigenvalue weighted by Gasteiger charge is 2.35. The molecular formula is C25H19Br2NO4S. The molecule has 0 aliphatic carbocycles. The first kappa shape index (κ1) is 23.6. The van der Waals surface area contributed by atoms with Gasteiger partial charge < -0.3 is 9.47 Å². The van der Waals surface area contributed by atoms with E-state index in [0.717, 1.165) is 32.9 Å². The van der Waals surface area contributed by atoms with Crippen LogP contribution in [0.25, 0.3) is 6.08 Å². The number of hydrogen-bond acceptors (Lipinski definition) is 5. The summed E-state index contributed by atoms with van der Waals surface area (Å²) in [6.07, 6.45) is 1.70. The largest absolute Gasteiger partial charge is 0.493 e. The number of methoxy groups -OCH3 is 1. The van der Waals surface area contributed by atoms with Crippen molar-refractivity contribution in [2.75, 3.05) is 7.11 Å². The van der Waals surface area contributed by atoms with E-state index in [1.54, 1.807) is 19.3 Å². The van der Waals surface area contributed by atoms with Crippen LogP contribution in [0, 0.1) is 0 Å². The number of imide groups is 1. The number of nitrogens with zero attached hydrogens (tertiary/aromatic N) is 1. The van der Waals surface area contributed by atoms with Crippen LogP contribution in [0.2, 0.25) is 0 Å². The van der Waals surface area contributed by atoms with E-state index >= 15 is 0 Å². The number of rotatable bonds is 7. The summed E-state index contributed by atoms with van der Waals surface area (Å²) in [6.45, 7) is 0.624. The lowest BCUT2D eigenvalue weighted by Crippen LogP contribution is -2.27. The molecule has 0 saturated carbocycles. The molecule has 168 valence electrons. The van der Waals surface area contributed by atoms with Crippen molar-refractivity contribution in [2.45, 2.75) is 13.2 Å². The average molecular weight is 589 g/mol. The van der Waals surface area contributed by atoms with Gasteiger partial charge in [0.2, 0.25) is 0 Å². The molecule has 1 saturated heterocycles. The molecular weight excluding hydrogens is 570 g/mol. The molecule has 0 bridgehead atoms. The van der Waals surface area contributed by atoms with Gasteiger partial charge in [0.1, 0.15) is 6.61 Å². The normalized spacial score (nSPS) is 14.8. The minimum Gasteiger partial charge on any atom is -0.493 e. The maximum Gasteiger partial charge on any atom is 0.293 e. The molecule has 0 spiro atoms. The molecule has 1 aliphatic heterocycles. The zero-order valence-electron chi connectivity index (χ0n) is 17.6. The molecule has 0 unspecified atom stereocenters. The van der Waals surface area contributed by atoms with Crippen LogP contribution in [0.3, 0.4) is 0 Å². The predicted octanol–water partition coefficient (Wildman–Crippen LogP) is 7.04. The smallest absolute Gasteiger partial charge is 0.293 e. The number of halogens is 2. The molecule has 4 rings (SSSR count). The van der Waals surface area contributed by atoms with Gasteiger partial charge in [-0.25, -0.2) is 0 Å². The molecule has 0 radical (unpaired) electrons. The SMILES string of the molecule is COc1cc(/C=C2/SC(=O)N(Cc3ccccc3)C2=O)cc(Br)c1OCc1ccc(Br)cc1. The number of carbonyl (C=O) groups is 2. The van der Waals surface area contributed by atoms with Crippen LogP contribution in [0.4, 0.5) is 4.79 Å². The van der Waals surface area contributed by atoms with E-state index in [1.165, 1.54) is 4.90 Å². The average Bonchev–Trinajstić information content (AvgIpc) is 3.07. The number of amides is 2. The van der Waals surface area contributed by atoms with Gasteiger partial charge in [0.25, 0.3) is 11.1 Å². The Hall–Kier alpha value is -2.55. The third kappa shape index (κ3) is 5.69. The van der Waals surface area contributed by atoms with Gasteiger partial charge in [-0.3, -0.25) is 14.5 Å². The summed E-state index contributed by atoms with van der Waals surface area (Å²) in [4.78, 5) is 26.9. The van der Waals surface area contributed by atoms with E-state index in [4.69, 9.17) is 9.47 Å². The zero-order chi connectivity index (χ0) is 23.4. The standard InChI is InChI=1S/C25H19Br2NO4S/c1-31-21-12-18(11-20(27)23(21)32-15-17-7-9-19(26)10-8-17)13-22-24(29)28(25(30)33-22)14-16-5-3-2-4-6-16/h2-13H,14-15H2,1H3/b22-13+. The van der Waals surface area contributed by atoms with E-state index in [1.807, 2.05) is 60.7 Å². The summed E-state index contributed by atoms with van der Waals surface area (Å²) < 4.78 is 13.2. The fraction of sp³-hybridized carbons (Fsp3) is 0.120. The Morgan fingerprint density at radius 2 is 1.70 bits per heavy atom. The topological polar surface area (TPSA) is 55.8 Å². The maximum atomic E-state index is 12.9. The molecule has 0 aromatic heterocycles. The van der Waals surface area contributed by atoms with E-state index < -0.39 is 0 Å². The van der Waals surface area contributed by atoms with Crippen LogP contribution in [0.1, 0.15) is 16.7 Å². The molecule has 0 atom stereocenters. The molecule has 3 aromatic rings. The van der Waals surface area contributed by atoms with Crippen LogP contribution >= 0.6 is 43.6 Å². The first-order valence-electron chi connectivity index (χ1n) is 9.98. The highest BCUT2D eigenvalue weighted by atomic mass is 79.9. The van der Waals surface area contributed by atoms with Gasteiger partial charge in [-0.05, 0) is 74.7 Å². The summed E-state index contributed by atoms with van der Waals surface area (Å²) in [5.74, 6) is 0.783. The van der Waals surface area contributed by atoms with Crippen molar-refractivity contribution in [1.29, 1.82) is 0 Å². The van der Waals surface area contributed by atoms with Crippen LogP contribution in [-0.2, 0) is 17.9 Å². The number of benzene rings is 3. The minimum atomic E-state index is -0.306. The molecule has 2 amide bonds. The second-order valence-corrected chi connectivity index (χ2v) is 9.97. The van der Waals surface area contributed by atoms with Gasteiger partial charge in [0.05, 0.1) is 23.0 Å². The second-order valence-electron chi connectivity index (χ2n) is 7.20. The molecule has 8 heteroatoms. The fourth-order valence-electron chi connectivity index (χ4n) is 3.25. The third-order valence-corrected chi connectivity index (χ3v) is 6.93. The van der Waals surface area contributed by atoms with E-state index in [-0.39, 0.29) is 17.7 Å². The van der Waals surface area contributed by atoms with Gasteiger partial charge in [0, 0.05) is 4.47 Å². The number of thioether (sulfide) groups is 1. The first-order chi connectivity index (χ1) is 15.9. The monoisotopic (exact) mass is 587 g/mol. The lowest BCUT2D eigenvalue weighted by Gasteiger charge is -2.14. The van der Waals surface area contributed by atoms with E-state index in [9.17, 15) is 9.59 Å². The summed E-state index contributed by atoms with van der Waals surface area (Å²) in [5.41, 5.74) is 2.64. The number of ether oxygens (including phenoxy) is 2. The lowest BCUT2D eigenvalue weighted by molar-refractivity contribution is -0.123. The number of carbonyl (C=O) groups excluding carboxylic acids is 2. The third-order valence-electron chi connectivity index (χ3n) is 4.90. The Balaban J connectivity index is 1.53. The fourth-order valence-corrected chi connectivity index (χ4v) is 4.93. The zero-order valence-corrected chi connectivity index (χ0v) is 21.6. The maximum absolute atomic E-state index is 12.9. The lowest BCUT2D eigenvalue weighted by atomic mass is 10.1. The molecule has 1 fully saturated rings. The molecule has 1 aliphatic rings. The van der Waals surface area contributed by atoms with Crippen molar-refractivity contribution in [3.63, 3.8) is 0 Å². The number of hydrogen-bond donors (Lipinski definition) is 0. The Morgan fingerprint density at radius 3 is 2.39 bits per heavy atom. The Labute approximate surface area is 213 Å². The Bertz CT molecular complexity index is 1210. The molecule has 5 nitrogen and oxygen atoms in total. The van der Waals surface area contributed by atoms with Gasteiger partial charge in [-0.1, -0.05) is 58.4 Å². The van der Waals surface area contributed by atoms with Gasteiger partial charge in [-0.15, -0.1) is 0 Å². The second kappa shape index (κ2) is 10.6. The first-order valence-corrected chi connectivity index (χ1v) is 12.4. The molecule has 1 heterocycles. The van der Waals surface area contributed by atoms with E-state index in [2.05, 4.69) is 31.9 Å².